The summed E-state index contributed by atoms with van der Waals surface area (Å²) in [5, 5.41) is 4.54. The Morgan fingerprint density at radius 2 is 2.05 bits per heavy atom. The van der Waals surface area contributed by atoms with Gasteiger partial charge in [-0.2, -0.15) is 0 Å². The van der Waals surface area contributed by atoms with Gasteiger partial charge < -0.3 is 16.0 Å². The van der Waals surface area contributed by atoms with Crippen molar-refractivity contribution >= 4 is 27.9 Å². The second-order valence-corrected chi connectivity index (χ2v) is 6.42. The lowest BCUT2D eigenvalue weighted by atomic mass is 10.1. The summed E-state index contributed by atoms with van der Waals surface area (Å²) >= 11 is 1.46. The lowest BCUT2D eigenvalue weighted by molar-refractivity contribution is 0.0833. The molecule has 0 aliphatic rings. The molecular formula is C15H27N3OS. The van der Waals surface area contributed by atoms with E-state index in [-0.39, 0.29) is 5.91 Å². The number of thiophene rings is 1. The van der Waals surface area contributed by atoms with Crippen LogP contribution in [0.5, 0.6) is 0 Å². The molecule has 0 aromatic carbocycles. The summed E-state index contributed by atoms with van der Waals surface area (Å²) in [5.41, 5.74) is 6.52. The number of rotatable bonds is 8. The van der Waals surface area contributed by atoms with Gasteiger partial charge in [0.05, 0.1) is 10.7 Å². The molecule has 0 saturated carbocycles. The van der Waals surface area contributed by atoms with Crippen molar-refractivity contribution in [2.45, 2.75) is 52.0 Å². The lowest BCUT2D eigenvalue weighted by Crippen LogP contribution is -2.21. The van der Waals surface area contributed by atoms with Crippen molar-refractivity contribution in [3.63, 3.8) is 0 Å². The largest absolute Gasteiger partial charge is 0.397 e. The quantitative estimate of drug-likeness (QED) is 0.767. The van der Waals surface area contributed by atoms with E-state index in [1.807, 2.05) is 6.07 Å². The van der Waals surface area contributed by atoms with Gasteiger partial charge in [-0.1, -0.05) is 33.1 Å². The van der Waals surface area contributed by atoms with Gasteiger partial charge >= 0.3 is 0 Å². The van der Waals surface area contributed by atoms with Crippen molar-refractivity contribution in [3.05, 3.63) is 10.9 Å². The number of anilines is 2. The summed E-state index contributed by atoms with van der Waals surface area (Å²) in [6.45, 7) is 4.41. The van der Waals surface area contributed by atoms with Crippen LogP contribution in [-0.2, 0) is 0 Å². The molecule has 0 aliphatic heterocycles. The van der Waals surface area contributed by atoms with Crippen LogP contribution in [0.2, 0.25) is 0 Å². The monoisotopic (exact) mass is 297 g/mol. The average Bonchev–Trinajstić information content (AvgIpc) is 2.76. The number of hydrogen-bond acceptors (Lipinski definition) is 4. The highest BCUT2D eigenvalue weighted by Crippen LogP contribution is 2.31. The van der Waals surface area contributed by atoms with E-state index in [1.54, 1.807) is 19.0 Å². The first kappa shape index (κ1) is 16.8. The molecule has 1 aromatic rings. The molecule has 0 spiro atoms. The van der Waals surface area contributed by atoms with Gasteiger partial charge in [0.25, 0.3) is 5.91 Å². The van der Waals surface area contributed by atoms with Crippen LogP contribution in [0.4, 0.5) is 10.7 Å². The summed E-state index contributed by atoms with van der Waals surface area (Å²) in [7, 11) is 3.49. The van der Waals surface area contributed by atoms with Crippen molar-refractivity contribution < 1.29 is 4.79 Å². The smallest absolute Gasteiger partial charge is 0.265 e. The molecule has 1 rings (SSSR count). The topological polar surface area (TPSA) is 58.4 Å². The van der Waals surface area contributed by atoms with E-state index in [9.17, 15) is 4.79 Å². The fourth-order valence-corrected chi connectivity index (χ4v) is 3.21. The Balaban J connectivity index is 2.76. The molecule has 1 heterocycles. The van der Waals surface area contributed by atoms with Crippen LogP contribution in [0.15, 0.2) is 6.07 Å². The Hall–Kier alpha value is -1.23. The zero-order valence-corrected chi connectivity index (χ0v) is 13.8. The Labute approximate surface area is 126 Å². The number of carbonyl (C=O) groups excluding carboxylic acids is 1. The Morgan fingerprint density at radius 1 is 1.35 bits per heavy atom. The van der Waals surface area contributed by atoms with Crippen LogP contribution in [0.25, 0.3) is 0 Å². The van der Waals surface area contributed by atoms with E-state index < -0.39 is 0 Å². The molecule has 20 heavy (non-hydrogen) atoms. The molecule has 1 unspecified atom stereocenters. The highest BCUT2D eigenvalue weighted by Gasteiger charge is 2.17. The lowest BCUT2D eigenvalue weighted by Gasteiger charge is -2.17. The number of nitrogens with two attached hydrogens (primary N) is 1. The van der Waals surface area contributed by atoms with E-state index >= 15 is 0 Å². The van der Waals surface area contributed by atoms with Gasteiger partial charge in [0.15, 0.2) is 0 Å². The molecule has 114 valence electrons. The van der Waals surface area contributed by atoms with Crippen LogP contribution in [0, 0.1) is 0 Å². The van der Waals surface area contributed by atoms with Crippen LogP contribution in [0.1, 0.15) is 55.6 Å². The predicted molar refractivity (Wildman–Crippen MR) is 88.6 cm³/mol. The summed E-state index contributed by atoms with van der Waals surface area (Å²) in [6.07, 6.45) is 5.90. The Bertz CT molecular complexity index is 429. The van der Waals surface area contributed by atoms with Crippen LogP contribution in [0.3, 0.4) is 0 Å². The predicted octanol–water partition coefficient (Wildman–Crippen LogP) is 3.80. The second kappa shape index (κ2) is 8.15. The van der Waals surface area contributed by atoms with Gasteiger partial charge in [-0.3, -0.25) is 4.79 Å². The van der Waals surface area contributed by atoms with E-state index in [2.05, 4.69) is 19.2 Å². The minimum atomic E-state index is -0.0267. The third kappa shape index (κ3) is 4.71. The normalized spacial score (nSPS) is 12.2. The maximum Gasteiger partial charge on any atom is 0.265 e. The number of unbranched alkanes of at least 4 members (excludes halogenated alkanes) is 1. The molecule has 3 N–H and O–H groups in total. The van der Waals surface area contributed by atoms with E-state index in [0.29, 0.717) is 16.6 Å². The van der Waals surface area contributed by atoms with Gasteiger partial charge in [-0.05, 0) is 18.9 Å². The molecule has 0 saturated heterocycles. The number of nitrogen functional groups attached to an aromatic ring is 1. The molecule has 4 nitrogen and oxygen atoms in total. The Kier molecular flexibility index (Phi) is 6.85. The maximum atomic E-state index is 12.0. The molecule has 0 bridgehead atoms. The number of carbonyl (C=O) groups is 1. The van der Waals surface area contributed by atoms with Crippen LogP contribution >= 0.6 is 11.3 Å². The summed E-state index contributed by atoms with van der Waals surface area (Å²) in [4.78, 5) is 14.2. The molecule has 1 aromatic heterocycles. The minimum Gasteiger partial charge on any atom is -0.397 e. The zero-order chi connectivity index (χ0) is 15.1. The van der Waals surface area contributed by atoms with Crippen molar-refractivity contribution in [2.24, 2.45) is 0 Å². The van der Waals surface area contributed by atoms with Crippen molar-refractivity contribution in [1.29, 1.82) is 0 Å². The standard InChI is InChI=1S/C15H27N3OS/c1-5-7-9-11(8-6-2)17-13-10-12(16)14(20-13)15(19)18(3)4/h10-11,17H,5-9,16H2,1-4H3. The SMILES string of the molecule is CCCCC(CCC)Nc1cc(N)c(C(=O)N(C)C)s1. The average molecular weight is 297 g/mol. The number of amides is 1. The molecule has 0 aliphatic carbocycles. The number of hydrogen-bond donors (Lipinski definition) is 2. The first-order chi connectivity index (χ1) is 9.49. The molecule has 0 fully saturated rings. The molecular weight excluding hydrogens is 270 g/mol. The zero-order valence-electron chi connectivity index (χ0n) is 13.0. The van der Waals surface area contributed by atoms with Crippen molar-refractivity contribution in [2.75, 3.05) is 25.1 Å². The summed E-state index contributed by atoms with van der Waals surface area (Å²) in [6, 6.07) is 2.36. The van der Waals surface area contributed by atoms with Gasteiger partial charge in [0.2, 0.25) is 0 Å². The van der Waals surface area contributed by atoms with Gasteiger partial charge in [-0.25, -0.2) is 0 Å². The van der Waals surface area contributed by atoms with Gasteiger partial charge in [0, 0.05) is 20.1 Å². The van der Waals surface area contributed by atoms with Gasteiger partial charge in [-0.15, -0.1) is 11.3 Å². The number of nitrogens with one attached hydrogen (secondary N) is 1. The fourth-order valence-electron chi connectivity index (χ4n) is 2.14. The first-order valence-electron chi connectivity index (χ1n) is 7.37. The van der Waals surface area contributed by atoms with Crippen molar-refractivity contribution in [1.82, 2.24) is 4.90 Å². The fraction of sp³-hybridized carbons (Fsp3) is 0.667. The maximum absolute atomic E-state index is 12.0. The first-order valence-corrected chi connectivity index (χ1v) is 8.18. The molecule has 0 radical (unpaired) electrons. The summed E-state index contributed by atoms with van der Waals surface area (Å²) < 4.78 is 0. The van der Waals surface area contributed by atoms with Crippen molar-refractivity contribution in [3.8, 4) is 0 Å². The van der Waals surface area contributed by atoms with Crippen LogP contribution < -0.4 is 11.1 Å². The highest BCUT2D eigenvalue weighted by molar-refractivity contribution is 7.18. The molecule has 1 atom stereocenters. The van der Waals surface area contributed by atoms with Gasteiger partial charge in [0.1, 0.15) is 4.88 Å². The third-order valence-electron chi connectivity index (χ3n) is 3.25. The summed E-state index contributed by atoms with van der Waals surface area (Å²) in [5.74, 6) is -0.0267. The van der Waals surface area contributed by atoms with E-state index in [4.69, 9.17) is 5.73 Å². The van der Waals surface area contributed by atoms with E-state index in [1.165, 1.54) is 30.6 Å². The Morgan fingerprint density at radius 3 is 2.60 bits per heavy atom. The second-order valence-electron chi connectivity index (χ2n) is 5.37. The minimum absolute atomic E-state index is 0.0267. The molecule has 5 heteroatoms. The third-order valence-corrected chi connectivity index (χ3v) is 4.32. The van der Waals surface area contributed by atoms with Crippen LogP contribution in [-0.4, -0.2) is 30.9 Å². The molecule has 1 amide bonds. The number of nitrogens with zero attached hydrogens (tertiary/aromatic N) is 1. The van der Waals surface area contributed by atoms with E-state index in [0.717, 1.165) is 17.8 Å². The highest BCUT2D eigenvalue weighted by atomic mass is 32.1.